The number of likely N-dealkylation sites (tertiary alicyclic amines) is 1. The van der Waals surface area contributed by atoms with Gasteiger partial charge in [-0.05, 0) is 51.8 Å². The molecule has 4 nitrogen and oxygen atoms in total. The van der Waals surface area contributed by atoms with Crippen molar-refractivity contribution in [3.63, 3.8) is 0 Å². The van der Waals surface area contributed by atoms with Gasteiger partial charge in [-0.2, -0.15) is 0 Å². The first-order valence-corrected chi connectivity index (χ1v) is 8.43. The summed E-state index contributed by atoms with van der Waals surface area (Å²) >= 11 is 0. The minimum Gasteiger partial charge on any atom is -0.357 e. The zero-order valence-corrected chi connectivity index (χ0v) is 14.2. The number of guanidine groups is 1. The lowest BCUT2D eigenvalue weighted by molar-refractivity contribution is 0.210. The number of piperidine rings is 1. The molecule has 0 aromatic heterocycles. The summed E-state index contributed by atoms with van der Waals surface area (Å²) < 4.78 is 0. The number of nitrogens with one attached hydrogen (secondary N) is 2. The predicted octanol–water partition coefficient (Wildman–Crippen LogP) is 2.39. The van der Waals surface area contributed by atoms with Crippen molar-refractivity contribution < 1.29 is 0 Å². The molecule has 2 N–H and O–H groups in total. The van der Waals surface area contributed by atoms with Crippen molar-refractivity contribution in [2.24, 2.45) is 10.9 Å². The van der Waals surface area contributed by atoms with E-state index in [-0.39, 0.29) is 0 Å². The molecule has 1 aliphatic rings. The Hall–Kier alpha value is -1.55. The minimum atomic E-state index is 0.722. The Morgan fingerprint density at radius 2 is 2.05 bits per heavy atom. The molecule has 0 bridgehead atoms. The number of rotatable bonds is 5. The van der Waals surface area contributed by atoms with Crippen LogP contribution in [0.2, 0.25) is 0 Å². The molecule has 122 valence electrons. The molecule has 22 heavy (non-hydrogen) atoms. The van der Waals surface area contributed by atoms with Crippen LogP contribution in [0.5, 0.6) is 0 Å². The lowest BCUT2D eigenvalue weighted by Gasteiger charge is -2.30. The third kappa shape index (κ3) is 5.68. The van der Waals surface area contributed by atoms with Gasteiger partial charge in [-0.25, -0.2) is 4.99 Å². The van der Waals surface area contributed by atoms with Gasteiger partial charge in [-0.3, -0.25) is 0 Å². The molecule has 0 amide bonds. The van der Waals surface area contributed by atoms with E-state index in [9.17, 15) is 0 Å². The van der Waals surface area contributed by atoms with Crippen LogP contribution in [-0.2, 0) is 6.54 Å². The summed E-state index contributed by atoms with van der Waals surface area (Å²) in [4.78, 5) is 7.12. The van der Waals surface area contributed by atoms with Gasteiger partial charge in [0.15, 0.2) is 5.96 Å². The maximum absolute atomic E-state index is 4.70. The lowest BCUT2D eigenvalue weighted by Crippen LogP contribution is -2.43. The highest BCUT2D eigenvalue weighted by molar-refractivity contribution is 5.79. The summed E-state index contributed by atoms with van der Waals surface area (Å²) in [6.07, 6.45) is 2.62. The Morgan fingerprint density at radius 1 is 1.27 bits per heavy atom. The highest BCUT2D eigenvalue weighted by atomic mass is 15.2. The molecule has 1 atom stereocenters. The summed E-state index contributed by atoms with van der Waals surface area (Å²) in [6.45, 7) is 9.26. The Labute approximate surface area is 135 Å². The van der Waals surface area contributed by atoms with Crippen molar-refractivity contribution >= 4 is 5.96 Å². The van der Waals surface area contributed by atoms with E-state index in [0.29, 0.717) is 0 Å². The topological polar surface area (TPSA) is 39.7 Å². The van der Waals surface area contributed by atoms with E-state index < -0.39 is 0 Å². The van der Waals surface area contributed by atoms with Crippen LogP contribution in [0.25, 0.3) is 0 Å². The molecule has 4 heteroatoms. The van der Waals surface area contributed by atoms with Crippen molar-refractivity contribution in [3.05, 3.63) is 35.4 Å². The Bertz CT molecular complexity index is 466. The van der Waals surface area contributed by atoms with E-state index in [0.717, 1.165) is 31.5 Å². The molecule has 0 saturated carbocycles. The van der Waals surface area contributed by atoms with E-state index in [1.165, 1.54) is 37.1 Å². The van der Waals surface area contributed by atoms with Gasteiger partial charge in [0.1, 0.15) is 0 Å². The summed E-state index contributed by atoms with van der Waals surface area (Å²) in [7, 11) is 2.21. The summed E-state index contributed by atoms with van der Waals surface area (Å²) in [5, 5.41) is 6.85. The molecular weight excluding hydrogens is 272 g/mol. The molecule has 1 unspecified atom stereocenters. The minimum absolute atomic E-state index is 0.722. The molecule has 1 saturated heterocycles. The van der Waals surface area contributed by atoms with Gasteiger partial charge < -0.3 is 15.5 Å². The van der Waals surface area contributed by atoms with E-state index in [4.69, 9.17) is 4.99 Å². The highest BCUT2D eigenvalue weighted by Crippen LogP contribution is 2.13. The second kappa shape index (κ2) is 8.79. The zero-order valence-electron chi connectivity index (χ0n) is 14.2. The van der Waals surface area contributed by atoms with Crippen molar-refractivity contribution in [1.82, 2.24) is 15.5 Å². The maximum atomic E-state index is 4.70. The van der Waals surface area contributed by atoms with Crippen LogP contribution in [0, 0.1) is 12.8 Å². The van der Waals surface area contributed by atoms with Crippen molar-refractivity contribution in [3.8, 4) is 0 Å². The quantitative estimate of drug-likeness (QED) is 0.648. The molecule has 0 spiro atoms. The SMILES string of the molecule is CCNC(=NCc1ccc(C)cc1)NCC1CCCN(C)C1. The van der Waals surface area contributed by atoms with Gasteiger partial charge >= 0.3 is 0 Å². The van der Waals surface area contributed by atoms with Crippen LogP contribution >= 0.6 is 0 Å². The maximum Gasteiger partial charge on any atom is 0.191 e. The standard InChI is InChI=1S/C18H30N4/c1-4-19-18(20-12-16-9-7-15(2)8-10-16)21-13-17-6-5-11-22(3)14-17/h7-10,17H,4-6,11-14H2,1-3H3,(H2,19,20,21). The fourth-order valence-electron chi connectivity index (χ4n) is 2.89. The monoisotopic (exact) mass is 302 g/mol. The third-order valence-corrected chi connectivity index (χ3v) is 4.16. The average Bonchev–Trinajstić information content (AvgIpc) is 2.52. The van der Waals surface area contributed by atoms with Crippen molar-refractivity contribution in [2.45, 2.75) is 33.2 Å². The molecule has 1 heterocycles. The first-order chi connectivity index (χ1) is 10.7. The van der Waals surface area contributed by atoms with Crippen LogP contribution in [0.4, 0.5) is 0 Å². The molecule has 1 aromatic rings. The van der Waals surface area contributed by atoms with Gasteiger partial charge in [0.05, 0.1) is 6.54 Å². The summed E-state index contributed by atoms with van der Waals surface area (Å²) in [5.41, 5.74) is 2.54. The van der Waals surface area contributed by atoms with Gasteiger partial charge in [0.25, 0.3) is 0 Å². The normalized spacial score (nSPS) is 20.0. The number of aliphatic imine (C=N–C) groups is 1. The molecule has 2 rings (SSSR count). The van der Waals surface area contributed by atoms with Crippen LogP contribution in [0.3, 0.4) is 0 Å². The third-order valence-electron chi connectivity index (χ3n) is 4.16. The van der Waals surface area contributed by atoms with E-state index in [1.807, 2.05) is 0 Å². The van der Waals surface area contributed by atoms with Crippen LogP contribution in [0.15, 0.2) is 29.3 Å². The fraction of sp³-hybridized carbons (Fsp3) is 0.611. The van der Waals surface area contributed by atoms with E-state index in [2.05, 4.69) is 60.7 Å². The van der Waals surface area contributed by atoms with E-state index in [1.54, 1.807) is 0 Å². The number of hydrogen-bond donors (Lipinski definition) is 2. The number of aryl methyl sites for hydroxylation is 1. The van der Waals surface area contributed by atoms with Crippen molar-refractivity contribution in [2.75, 3.05) is 33.2 Å². The predicted molar refractivity (Wildman–Crippen MR) is 94.2 cm³/mol. The molecule has 1 aliphatic heterocycles. The molecule has 1 fully saturated rings. The molecule has 0 aliphatic carbocycles. The number of benzene rings is 1. The molecule has 0 radical (unpaired) electrons. The molecule has 1 aromatic carbocycles. The zero-order chi connectivity index (χ0) is 15.8. The van der Waals surface area contributed by atoms with Crippen LogP contribution < -0.4 is 10.6 Å². The summed E-state index contributed by atoms with van der Waals surface area (Å²) in [5.74, 6) is 1.65. The average molecular weight is 302 g/mol. The Morgan fingerprint density at radius 3 is 2.73 bits per heavy atom. The van der Waals surface area contributed by atoms with Gasteiger partial charge in [-0.1, -0.05) is 29.8 Å². The Balaban J connectivity index is 1.85. The second-order valence-corrected chi connectivity index (χ2v) is 6.33. The van der Waals surface area contributed by atoms with Crippen molar-refractivity contribution in [1.29, 1.82) is 0 Å². The Kier molecular flexibility index (Phi) is 6.72. The fourth-order valence-corrected chi connectivity index (χ4v) is 2.89. The smallest absolute Gasteiger partial charge is 0.191 e. The van der Waals surface area contributed by atoms with Crippen LogP contribution in [0.1, 0.15) is 30.9 Å². The van der Waals surface area contributed by atoms with Gasteiger partial charge in [0, 0.05) is 19.6 Å². The first kappa shape index (κ1) is 16.8. The number of nitrogens with zero attached hydrogens (tertiary/aromatic N) is 2. The number of hydrogen-bond acceptors (Lipinski definition) is 2. The van der Waals surface area contributed by atoms with Gasteiger partial charge in [0.2, 0.25) is 0 Å². The lowest BCUT2D eigenvalue weighted by atomic mass is 9.99. The molecular formula is C18H30N4. The largest absolute Gasteiger partial charge is 0.357 e. The second-order valence-electron chi connectivity index (χ2n) is 6.33. The van der Waals surface area contributed by atoms with Crippen LogP contribution in [-0.4, -0.2) is 44.1 Å². The first-order valence-electron chi connectivity index (χ1n) is 8.43. The van der Waals surface area contributed by atoms with E-state index >= 15 is 0 Å². The highest BCUT2D eigenvalue weighted by Gasteiger charge is 2.17. The van der Waals surface area contributed by atoms with Gasteiger partial charge in [-0.15, -0.1) is 0 Å². The summed E-state index contributed by atoms with van der Waals surface area (Å²) in [6, 6.07) is 8.59.